The zero-order valence-electron chi connectivity index (χ0n) is 8.93. The van der Waals surface area contributed by atoms with Gasteiger partial charge in [-0.2, -0.15) is 0 Å². The zero-order valence-corrected chi connectivity index (χ0v) is 8.93. The van der Waals surface area contributed by atoms with Gasteiger partial charge in [-0.1, -0.05) is 0 Å². The molecule has 1 saturated carbocycles. The molecular weight excluding hydrogens is 208 g/mol. The van der Waals surface area contributed by atoms with E-state index in [2.05, 4.69) is 10.3 Å². The normalized spacial score (nSPS) is 24.1. The predicted molar refractivity (Wildman–Crippen MR) is 57.1 cm³/mol. The zero-order chi connectivity index (χ0) is 11.1. The van der Waals surface area contributed by atoms with Gasteiger partial charge in [-0.05, 0) is 29.2 Å². The van der Waals surface area contributed by atoms with Crippen molar-refractivity contribution in [3.8, 4) is 0 Å². The highest BCUT2D eigenvalue weighted by Crippen LogP contribution is 2.26. The first-order chi connectivity index (χ1) is 7.74. The number of nitrogens with one attached hydrogen (secondary N) is 1. The van der Waals surface area contributed by atoms with Gasteiger partial charge in [0.15, 0.2) is 0 Å². The summed E-state index contributed by atoms with van der Waals surface area (Å²) in [5, 5.41) is 14.3. The summed E-state index contributed by atoms with van der Waals surface area (Å²) in [6, 6.07) is 1.04. The van der Waals surface area contributed by atoms with E-state index in [1.807, 2.05) is 4.57 Å². The largest absolute Gasteiger partial charge is 0.384 e. The number of hydrogen-bond acceptors (Lipinski definition) is 4. The second kappa shape index (κ2) is 3.55. The van der Waals surface area contributed by atoms with Crippen LogP contribution in [0, 0.1) is 10.1 Å². The van der Waals surface area contributed by atoms with Crippen LogP contribution in [0.4, 0.5) is 5.82 Å². The number of fused-ring (bicyclic) bond motifs is 1. The van der Waals surface area contributed by atoms with Gasteiger partial charge in [0.2, 0.25) is 6.33 Å². The molecule has 1 aliphatic heterocycles. The third-order valence-electron chi connectivity index (χ3n) is 3.30. The van der Waals surface area contributed by atoms with Crippen LogP contribution in [0.5, 0.6) is 0 Å². The molecule has 0 amide bonds. The Labute approximate surface area is 92.8 Å². The summed E-state index contributed by atoms with van der Waals surface area (Å²) in [7, 11) is 0. The Morgan fingerprint density at radius 3 is 2.94 bits per heavy atom. The second-order valence-electron chi connectivity index (χ2n) is 4.60. The van der Waals surface area contributed by atoms with Gasteiger partial charge < -0.3 is 20.0 Å². The van der Waals surface area contributed by atoms with E-state index in [4.69, 9.17) is 0 Å². The Morgan fingerprint density at radius 1 is 1.44 bits per heavy atom. The van der Waals surface area contributed by atoms with E-state index in [1.54, 1.807) is 6.33 Å². The van der Waals surface area contributed by atoms with E-state index >= 15 is 0 Å². The lowest BCUT2D eigenvalue weighted by Crippen LogP contribution is -2.37. The summed E-state index contributed by atoms with van der Waals surface area (Å²) in [6.45, 7) is 0.834. The van der Waals surface area contributed by atoms with Crippen molar-refractivity contribution in [1.82, 2.24) is 14.9 Å². The van der Waals surface area contributed by atoms with Gasteiger partial charge >= 0.3 is 5.82 Å². The number of imidazole rings is 1. The number of rotatable bonds is 3. The molecule has 0 aromatic carbocycles. The third-order valence-corrected chi connectivity index (χ3v) is 3.30. The summed E-state index contributed by atoms with van der Waals surface area (Å²) < 4.78 is 1.91. The van der Waals surface area contributed by atoms with Crippen LogP contribution in [-0.2, 0) is 13.0 Å². The number of aromatic nitrogens is 2. The van der Waals surface area contributed by atoms with Crippen LogP contribution in [0.25, 0.3) is 0 Å². The van der Waals surface area contributed by atoms with Crippen molar-refractivity contribution in [2.24, 2.45) is 0 Å². The van der Waals surface area contributed by atoms with E-state index in [9.17, 15) is 10.1 Å². The average molecular weight is 222 g/mol. The molecule has 1 unspecified atom stereocenters. The van der Waals surface area contributed by atoms with Crippen LogP contribution in [0.1, 0.15) is 25.0 Å². The van der Waals surface area contributed by atoms with Crippen LogP contribution in [-0.4, -0.2) is 26.6 Å². The van der Waals surface area contributed by atoms with Gasteiger partial charge in [0.05, 0.1) is 0 Å². The van der Waals surface area contributed by atoms with E-state index in [0.717, 1.165) is 25.1 Å². The van der Waals surface area contributed by atoms with E-state index in [1.165, 1.54) is 12.8 Å². The Hall–Kier alpha value is -1.43. The van der Waals surface area contributed by atoms with Crippen molar-refractivity contribution in [1.29, 1.82) is 0 Å². The summed E-state index contributed by atoms with van der Waals surface area (Å²) in [6.07, 6.45) is 5.85. The lowest BCUT2D eigenvalue weighted by molar-refractivity contribution is -0.390. The number of aryl methyl sites for hydroxylation is 1. The second-order valence-corrected chi connectivity index (χ2v) is 4.60. The van der Waals surface area contributed by atoms with Crippen LogP contribution >= 0.6 is 0 Å². The van der Waals surface area contributed by atoms with Crippen molar-refractivity contribution in [3.05, 3.63) is 22.1 Å². The molecule has 3 rings (SSSR count). The Balaban J connectivity index is 1.79. The predicted octanol–water partition coefficient (Wildman–Crippen LogP) is 0.858. The molecule has 1 N–H and O–H groups in total. The topological polar surface area (TPSA) is 73.0 Å². The molecular formula is C10H14N4O2. The molecule has 1 atom stereocenters. The highest BCUT2D eigenvalue weighted by molar-refractivity contribution is 5.29. The van der Waals surface area contributed by atoms with Gasteiger partial charge in [-0.15, -0.1) is 0 Å². The standard InChI is InChI=1S/C10H14N4O2/c15-14(16)10-9-5-8(12-7-1-2-7)3-4-13(9)6-11-10/h6-8,12H,1-5H2. The molecule has 16 heavy (non-hydrogen) atoms. The van der Waals surface area contributed by atoms with Gasteiger partial charge in [0.1, 0.15) is 5.69 Å². The molecule has 6 nitrogen and oxygen atoms in total. The quantitative estimate of drug-likeness (QED) is 0.608. The maximum Gasteiger partial charge on any atom is 0.384 e. The fourth-order valence-corrected chi connectivity index (χ4v) is 2.31. The SMILES string of the molecule is O=[N+]([O-])c1ncn2c1CC(NC1CC1)CC2. The first-order valence-corrected chi connectivity index (χ1v) is 5.68. The molecule has 86 valence electrons. The summed E-state index contributed by atoms with van der Waals surface area (Å²) in [4.78, 5) is 14.3. The maximum atomic E-state index is 10.8. The highest BCUT2D eigenvalue weighted by Gasteiger charge is 2.31. The fourth-order valence-electron chi connectivity index (χ4n) is 2.31. The number of nitro groups is 1. The molecule has 1 aliphatic carbocycles. The summed E-state index contributed by atoms with van der Waals surface area (Å²) in [5.41, 5.74) is 0.773. The lowest BCUT2D eigenvalue weighted by atomic mass is 10.0. The van der Waals surface area contributed by atoms with Crippen LogP contribution in [0.2, 0.25) is 0 Å². The molecule has 0 radical (unpaired) electrons. The minimum Gasteiger partial charge on any atom is -0.358 e. The monoisotopic (exact) mass is 222 g/mol. The van der Waals surface area contributed by atoms with Gasteiger partial charge in [0.25, 0.3) is 0 Å². The van der Waals surface area contributed by atoms with Crippen LogP contribution in [0.15, 0.2) is 6.33 Å². The third kappa shape index (κ3) is 1.69. The van der Waals surface area contributed by atoms with Crippen LogP contribution < -0.4 is 5.32 Å². The van der Waals surface area contributed by atoms with Crippen molar-refractivity contribution in [2.75, 3.05) is 0 Å². The highest BCUT2D eigenvalue weighted by atomic mass is 16.6. The summed E-state index contributed by atoms with van der Waals surface area (Å²) >= 11 is 0. The van der Waals surface area contributed by atoms with Gasteiger partial charge in [0, 0.05) is 25.0 Å². The first kappa shape index (κ1) is 9.77. The molecule has 0 bridgehead atoms. The molecule has 1 fully saturated rings. The molecule has 0 spiro atoms. The fraction of sp³-hybridized carbons (Fsp3) is 0.700. The molecule has 2 aliphatic rings. The molecule has 2 heterocycles. The Bertz CT molecular complexity index is 424. The van der Waals surface area contributed by atoms with Crippen molar-refractivity contribution < 1.29 is 4.92 Å². The van der Waals surface area contributed by atoms with Gasteiger partial charge in [-0.25, -0.2) is 0 Å². The van der Waals surface area contributed by atoms with Crippen LogP contribution in [0.3, 0.4) is 0 Å². The minimum atomic E-state index is -0.384. The summed E-state index contributed by atoms with van der Waals surface area (Å²) in [5.74, 6) is 0.0299. The maximum absolute atomic E-state index is 10.8. The Morgan fingerprint density at radius 2 is 2.25 bits per heavy atom. The first-order valence-electron chi connectivity index (χ1n) is 5.68. The smallest absolute Gasteiger partial charge is 0.358 e. The number of hydrogen-bond donors (Lipinski definition) is 1. The minimum absolute atomic E-state index is 0.0299. The number of nitrogens with zero attached hydrogens (tertiary/aromatic N) is 3. The van der Waals surface area contributed by atoms with E-state index in [-0.39, 0.29) is 10.7 Å². The molecule has 0 saturated heterocycles. The van der Waals surface area contributed by atoms with Crippen molar-refractivity contribution in [2.45, 2.75) is 44.3 Å². The molecule has 6 heteroatoms. The van der Waals surface area contributed by atoms with Gasteiger partial charge in [-0.3, -0.25) is 0 Å². The van der Waals surface area contributed by atoms with E-state index < -0.39 is 0 Å². The molecule has 1 aromatic heterocycles. The van der Waals surface area contributed by atoms with Crippen molar-refractivity contribution in [3.63, 3.8) is 0 Å². The average Bonchev–Trinajstić information content (AvgIpc) is 2.96. The van der Waals surface area contributed by atoms with Crippen molar-refractivity contribution >= 4 is 5.82 Å². The lowest BCUT2D eigenvalue weighted by Gasteiger charge is -2.23. The Kier molecular flexibility index (Phi) is 2.17. The van der Waals surface area contributed by atoms with E-state index in [0.29, 0.717) is 12.1 Å². The molecule has 1 aromatic rings.